The van der Waals surface area contributed by atoms with Gasteiger partial charge in [-0.3, -0.25) is 0 Å². The van der Waals surface area contributed by atoms with Crippen molar-refractivity contribution < 1.29 is 0 Å². The Labute approximate surface area is 256 Å². The van der Waals surface area contributed by atoms with Crippen molar-refractivity contribution in [1.29, 1.82) is 0 Å². The zero-order valence-electron chi connectivity index (χ0n) is 21.1. The van der Waals surface area contributed by atoms with E-state index in [4.69, 9.17) is 69.3 Å². The molecule has 42 heavy (non-hydrogen) atoms. The molecule has 0 saturated carbocycles. The van der Waals surface area contributed by atoms with Crippen molar-refractivity contribution in [2.24, 2.45) is 10.6 Å². The van der Waals surface area contributed by atoms with Crippen LogP contribution in [0.4, 0.5) is 34.9 Å². The maximum absolute atomic E-state index is 11.9. The first kappa shape index (κ1) is 29.0. The second-order valence-corrected chi connectivity index (χ2v) is 10.3. The van der Waals surface area contributed by atoms with Crippen molar-refractivity contribution in [3.05, 3.63) is 77.4 Å². The Kier molecular flexibility index (Phi) is 7.88. The fourth-order valence-electron chi connectivity index (χ4n) is 4.28. The number of hydrogen-bond donors (Lipinski definition) is 4. The van der Waals surface area contributed by atoms with E-state index in [0.29, 0.717) is 33.2 Å². The molecule has 0 radical (unpaired) electrons. The van der Waals surface area contributed by atoms with E-state index in [1.807, 2.05) is 0 Å². The average molecular weight is 648 g/mol. The minimum atomic E-state index is -0.217. The summed E-state index contributed by atoms with van der Waals surface area (Å²) in [6.07, 6.45) is 0. The standard InChI is InChI=1S/C24H18Cl4N12O2/c25-17-13(7-39(37-41)9-2-4-15-12(5-9)22(30)36-23(31)33-15)18(26)20(28)14(19(17)27)8-40(38-42)10-1-3-11-16(6-10)34-24(32)35-21(11)29/h1-6H,7-8H2,(H4,29,32,34,35)(H4,30,31,33,36). The first-order chi connectivity index (χ1) is 20.0. The van der Waals surface area contributed by atoms with E-state index in [-0.39, 0.29) is 67.8 Å². The zero-order valence-corrected chi connectivity index (χ0v) is 24.1. The van der Waals surface area contributed by atoms with E-state index < -0.39 is 0 Å². The van der Waals surface area contributed by atoms with Crippen LogP contribution >= 0.6 is 46.4 Å². The van der Waals surface area contributed by atoms with E-state index >= 15 is 0 Å². The lowest BCUT2D eigenvalue weighted by Gasteiger charge is -2.22. The van der Waals surface area contributed by atoms with Crippen LogP contribution < -0.4 is 33.0 Å². The summed E-state index contributed by atoms with van der Waals surface area (Å²) in [7, 11) is 0. The van der Waals surface area contributed by atoms with Crippen molar-refractivity contribution in [1.82, 2.24) is 19.9 Å². The van der Waals surface area contributed by atoms with Gasteiger partial charge >= 0.3 is 0 Å². The molecule has 2 aromatic heterocycles. The zero-order chi connectivity index (χ0) is 30.3. The topological polar surface area (TPSA) is 221 Å². The van der Waals surface area contributed by atoms with E-state index in [2.05, 4.69) is 30.5 Å². The largest absolute Gasteiger partial charge is 0.383 e. The van der Waals surface area contributed by atoms with Gasteiger partial charge in [0.15, 0.2) is 0 Å². The summed E-state index contributed by atoms with van der Waals surface area (Å²) in [5.74, 6) is 0.273. The number of rotatable bonds is 8. The second kappa shape index (κ2) is 11.4. The number of fused-ring (bicyclic) bond motifs is 2. The van der Waals surface area contributed by atoms with Crippen LogP contribution in [0.5, 0.6) is 0 Å². The highest BCUT2D eigenvalue weighted by Crippen LogP contribution is 2.43. The van der Waals surface area contributed by atoms with Gasteiger partial charge in [0.25, 0.3) is 0 Å². The first-order valence-electron chi connectivity index (χ1n) is 11.7. The predicted molar refractivity (Wildman–Crippen MR) is 167 cm³/mol. The second-order valence-electron chi connectivity index (χ2n) is 8.83. The smallest absolute Gasteiger partial charge is 0.222 e. The van der Waals surface area contributed by atoms with Gasteiger partial charge in [-0.15, -0.1) is 9.81 Å². The summed E-state index contributed by atoms with van der Waals surface area (Å²) in [5, 5.41) is 9.26. The van der Waals surface area contributed by atoms with Gasteiger partial charge in [-0.1, -0.05) is 46.4 Å². The molecule has 0 spiro atoms. The van der Waals surface area contributed by atoms with Crippen LogP contribution in [-0.4, -0.2) is 19.9 Å². The van der Waals surface area contributed by atoms with Crippen LogP contribution in [0.3, 0.4) is 0 Å². The predicted octanol–water partition coefficient (Wildman–Crippen LogP) is 5.89. The van der Waals surface area contributed by atoms with Gasteiger partial charge < -0.3 is 22.9 Å². The molecule has 14 nitrogen and oxygen atoms in total. The summed E-state index contributed by atoms with van der Waals surface area (Å²) in [6.45, 7) is -0.434. The number of anilines is 6. The minimum Gasteiger partial charge on any atom is -0.383 e. The fraction of sp³-hybridized carbons (Fsp3) is 0.0833. The lowest BCUT2D eigenvalue weighted by Crippen LogP contribution is -2.18. The monoisotopic (exact) mass is 646 g/mol. The third-order valence-electron chi connectivity index (χ3n) is 6.31. The molecule has 0 atom stereocenters. The number of nitroso groups, excluding NO2 is 2. The number of halogens is 4. The van der Waals surface area contributed by atoms with Gasteiger partial charge in [0, 0.05) is 21.9 Å². The molecule has 0 fully saturated rings. The molecule has 0 bridgehead atoms. The highest BCUT2D eigenvalue weighted by molar-refractivity contribution is 6.49. The van der Waals surface area contributed by atoms with Crippen LogP contribution in [0.25, 0.3) is 21.8 Å². The third kappa shape index (κ3) is 5.27. The van der Waals surface area contributed by atoms with Crippen molar-refractivity contribution >= 4 is 103 Å². The molecular formula is C24H18Cl4N12O2. The van der Waals surface area contributed by atoms with Crippen molar-refractivity contribution in [2.75, 3.05) is 33.0 Å². The van der Waals surface area contributed by atoms with E-state index in [0.717, 1.165) is 10.0 Å². The molecule has 5 aromatic rings. The highest BCUT2D eigenvalue weighted by atomic mass is 35.5. The van der Waals surface area contributed by atoms with Gasteiger partial charge in [-0.2, -0.15) is 9.97 Å². The molecule has 0 saturated heterocycles. The third-order valence-corrected chi connectivity index (χ3v) is 8.17. The summed E-state index contributed by atoms with van der Waals surface area (Å²) in [6, 6.07) is 9.50. The fourth-order valence-corrected chi connectivity index (χ4v) is 5.45. The summed E-state index contributed by atoms with van der Waals surface area (Å²) >= 11 is 26.5. The van der Waals surface area contributed by atoms with E-state index in [1.54, 1.807) is 36.4 Å². The minimum absolute atomic E-state index is 0.00776. The maximum Gasteiger partial charge on any atom is 0.222 e. The van der Waals surface area contributed by atoms with Crippen molar-refractivity contribution in [3.63, 3.8) is 0 Å². The number of benzene rings is 3. The lowest BCUT2D eigenvalue weighted by molar-refractivity contribution is 0.836. The Bertz CT molecular complexity index is 1880. The summed E-state index contributed by atoms with van der Waals surface area (Å²) in [5.41, 5.74) is 25.2. The van der Waals surface area contributed by atoms with Crippen LogP contribution in [0, 0.1) is 9.81 Å². The van der Waals surface area contributed by atoms with Crippen molar-refractivity contribution in [2.45, 2.75) is 13.1 Å². The quantitative estimate of drug-likeness (QED) is 0.0879. The molecular weight excluding hydrogens is 630 g/mol. The number of hydrogen-bond acceptors (Lipinski definition) is 12. The molecule has 0 aliphatic heterocycles. The maximum atomic E-state index is 11.9. The number of aromatic nitrogens is 4. The molecule has 3 aromatic carbocycles. The van der Waals surface area contributed by atoms with Crippen LogP contribution in [-0.2, 0) is 13.1 Å². The number of nitrogens with two attached hydrogens (primary N) is 4. The Morgan fingerprint density at radius 3 is 1.57 bits per heavy atom. The van der Waals surface area contributed by atoms with Crippen molar-refractivity contribution in [3.8, 4) is 0 Å². The first-order valence-corrected chi connectivity index (χ1v) is 13.2. The Hall–Kier alpha value is -4.50. The molecule has 0 unspecified atom stereocenters. The Morgan fingerprint density at radius 2 is 1.05 bits per heavy atom. The van der Waals surface area contributed by atoms with E-state index in [9.17, 15) is 9.81 Å². The summed E-state index contributed by atoms with van der Waals surface area (Å²) < 4.78 is 0. The average Bonchev–Trinajstić information content (AvgIpc) is 2.96. The Balaban J connectivity index is 1.48. The Morgan fingerprint density at radius 1 is 0.595 bits per heavy atom. The number of nitrogens with zero attached hydrogens (tertiary/aromatic N) is 8. The molecule has 5 rings (SSSR count). The normalized spacial score (nSPS) is 11.1. The molecule has 0 aliphatic carbocycles. The molecule has 18 heteroatoms. The van der Waals surface area contributed by atoms with Gasteiger partial charge in [0.05, 0.1) is 66.2 Å². The number of nitrogen functional groups attached to an aromatic ring is 4. The van der Waals surface area contributed by atoms with Crippen LogP contribution in [0.1, 0.15) is 11.1 Å². The molecule has 8 N–H and O–H groups in total. The van der Waals surface area contributed by atoms with Crippen LogP contribution in [0.15, 0.2) is 47.0 Å². The summed E-state index contributed by atoms with van der Waals surface area (Å²) in [4.78, 5) is 39.9. The highest BCUT2D eigenvalue weighted by Gasteiger charge is 2.25. The van der Waals surface area contributed by atoms with Gasteiger partial charge in [-0.05, 0) is 36.4 Å². The molecule has 2 heterocycles. The lowest BCUT2D eigenvalue weighted by atomic mass is 10.1. The van der Waals surface area contributed by atoms with Gasteiger partial charge in [-0.25, -0.2) is 20.0 Å². The molecule has 0 amide bonds. The molecule has 214 valence electrons. The van der Waals surface area contributed by atoms with Gasteiger partial charge in [0.1, 0.15) is 11.6 Å². The van der Waals surface area contributed by atoms with Gasteiger partial charge in [0.2, 0.25) is 11.9 Å². The molecule has 0 aliphatic rings. The SMILES string of the molecule is Nc1nc(N)c2ccc(N(Cc3c(Cl)c(Cl)c(CN(N=O)c4ccc5nc(N)nc(N)c5c4)c(Cl)c3Cl)N=O)cc2n1. The van der Waals surface area contributed by atoms with Crippen LogP contribution in [0.2, 0.25) is 20.1 Å². The van der Waals surface area contributed by atoms with E-state index in [1.165, 1.54) is 0 Å².